The summed E-state index contributed by atoms with van der Waals surface area (Å²) < 4.78 is 19.6. The molecule has 5 nitrogen and oxygen atoms in total. The van der Waals surface area contributed by atoms with E-state index >= 15 is 0 Å². The molecule has 0 aliphatic carbocycles. The van der Waals surface area contributed by atoms with E-state index in [9.17, 15) is 9.18 Å². The first kappa shape index (κ1) is 16.7. The van der Waals surface area contributed by atoms with Crippen LogP contribution < -0.4 is 0 Å². The summed E-state index contributed by atoms with van der Waals surface area (Å²) in [6.45, 7) is 5.46. The largest absolute Gasteiger partial charge is 0.339 e. The lowest BCUT2D eigenvalue weighted by Gasteiger charge is -2.30. The normalized spacial score (nSPS) is 15.6. The molecule has 1 saturated heterocycles. The molecule has 1 aliphatic heterocycles. The van der Waals surface area contributed by atoms with Gasteiger partial charge in [-0.15, -0.1) is 0 Å². The first-order valence-corrected chi connectivity index (χ1v) is 8.86. The van der Waals surface area contributed by atoms with Crippen LogP contribution in [0.1, 0.15) is 35.8 Å². The molecular weight excluding hydrogens is 333 g/mol. The number of nitrogens with zero attached hydrogens (tertiary/aromatic N) is 3. The minimum Gasteiger partial charge on any atom is -0.339 e. The van der Waals surface area contributed by atoms with Crippen LogP contribution in [0.2, 0.25) is 0 Å². The molecule has 4 rings (SSSR count). The third-order valence-electron chi connectivity index (χ3n) is 5.00. The zero-order chi connectivity index (χ0) is 18.3. The van der Waals surface area contributed by atoms with Crippen molar-refractivity contribution in [3.05, 3.63) is 47.4 Å². The molecule has 2 aromatic heterocycles. The summed E-state index contributed by atoms with van der Waals surface area (Å²) in [5.74, 6) is 0.143. The molecule has 1 amide bonds. The number of aromatic nitrogens is 2. The van der Waals surface area contributed by atoms with Crippen molar-refractivity contribution in [2.75, 3.05) is 13.1 Å². The van der Waals surface area contributed by atoms with Crippen molar-refractivity contribution in [2.45, 2.75) is 26.7 Å². The second-order valence-corrected chi connectivity index (χ2v) is 6.98. The molecule has 0 N–H and O–H groups in total. The highest BCUT2D eigenvalue weighted by Crippen LogP contribution is 2.33. The van der Waals surface area contributed by atoms with Crippen LogP contribution in [0.15, 0.2) is 34.9 Å². The number of pyridine rings is 1. The summed E-state index contributed by atoms with van der Waals surface area (Å²) in [7, 11) is 0. The van der Waals surface area contributed by atoms with E-state index in [4.69, 9.17) is 4.52 Å². The summed E-state index contributed by atoms with van der Waals surface area (Å²) in [5, 5.41) is 4.50. The quantitative estimate of drug-likeness (QED) is 0.692. The Morgan fingerprint density at radius 1 is 1.27 bits per heavy atom. The molecule has 0 unspecified atom stereocenters. The minimum absolute atomic E-state index is 0.0758. The van der Waals surface area contributed by atoms with Gasteiger partial charge in [0.15, 0.2) is 0 Å². The van der Waals surface area contributed by atoms with Gasteiger partial charge in [0, 0.05) is 24.3 Å². The molecule has 134 valence electrons. The van der Waals surface area contributed by atoms with Crippen molar-refractivity contribution in [2.24, 2.45) is 5.92 Å². The van der Waals surface area contributed by atoms with E-state index in [0.717, 1.165) is 25.9 Å². The monoisotopic (exact) mass is 353 g/mol. The van der Waals surface area contributed by atoms with E-state index in [0.29, 0.717) is 33.8 Å². The highest BCUT2D eigenvalue weighted by atomic mass is 19.1. The van der Waals surface area contributed by atoms with E-state index in [1.807, 2.05) is 4.90 Å². The maximum absolute atomic E-state index is 14.3. The number of hydrogen-bond acceptors (Lipinski definition) is 4. The average molecular weight is 353 g/mol. The average Bonchev–Trinajstić information content (AvgIpc) is 3.05. The Bertz CT molecular complexity index is 974. The molecule has 26 heavy (non-hydrogen) atoms. The molecule has 0 atom stereocenters. The van der Waals surface area contributed by atoms with Crippen LogP contribution in [0.5, 0.6) is 0 Å². The number of aryl methyl sites for hydroxylation is 1. The highest BCUT2D eigenvalue weighted by molar-refractivity contribution is 6.09. The van der Waals surface area contributed by atoms with Crippen LogP contribution in [0.3, 0.4) is 0 Å². The van der Waals surface area contributed by atoms with Crippen molar-refractivity contribution in [3.8, 4) is 11.3 Å². The second-order valence-electron chi connectivity index (χ2n) is 6.98. The number of rotatable bonds is 2. The van der Waals surface area contributed by atoms with E-state index in [1.54, 1.807) is 31.2 Å². The van der Waals surface area contributed by atoms with Crippen LogP contribution in [-0.2, 0) is 0 Å². The Morgan fingerprint density at radius 3 is 2.73 bits per heavy atom. The third kappa shape index (κ3) is 2.85. The minimum atomic E-state index is -0.409. The van der Waals surface area contributed by atoms with Crippen molar-refractivity contribution < 1.29 is 13.7 Å². The number of benzene rings is 1. The number of amides is 1. The molecular formula is C20H20FN3O2. The number of carbonyl (C=O) groups excluding carboxylic acids is 1. The van der Waals surface area contributed by atoms with Crippen LogP contribution in [0.4, 0.5) is 4.39 Å². The number of likely N-dealkylation sites (tertiary alicyclic amines) is 1. The van der Waals surface area contributed by atoms with Gasteiger partial charge in [-0.05, 0) is 43.9 Å². The van der Waals surface area contributed by atoms with Crippen molar-refractivity contribution in [1.29, 1.82) is 0 Å². The maximum Gasteiger partial charge on any atom is 0.259 e. The van der Waals surface area contributed by atoms with Gasteiger partial charge < -0.3 is 9.42 Å². The lowest BCUT2D eigenvalue weighted by Crippen LogP contribution is -2.38. The standard InChI is InChI=1S/C20H20FN3O2/c1-12-7-9-24(10-8-12)20(25)15-11-13(2)22-19-17(15)18(23-26-19)14-5-3-4-6-16(14)21/h3-6,11-12H,7-10H2,1-2H3. The maximum atomic E-state index is 14.3. The fourth-order valence-corrected chi connectivity index (χ4v) is 3.46. The molecule has 0 radical (unpaired) electrons. The SMILES string of the molecule is Cc1cc(C(=O)N2CCC(C)CC2)c2c(-c3ccccc3F)noc2n1. The van der Waals surface area contributed by atoms with Crippen LogP contribution in [-0.4, -0.2) is 34.0 Å². The van der Waals surface area contributed by atoms with Gasteiger partial charge in [0.05, 0.1) is 10.9 Å². The Morgan fingerprint density at radius 2 is 2.00 bits per heavy atom. The van der Waals surface area contributed by atoms with Gasteiger partial charge in [0.25, 0.3) is 11.6 Å². The van der Waals surface area contributed by atoms with E-state index in [2.05, 4.69) is 17.1 Å². The van der Waals surface area contributed by atoms with E-state index < -0.39 is 5.82 Å². The third-order valence-corrected chi connectivity index (χ3v) is 5.00. The van der Waals surface area contributed by atoms with Crippen LogP contribution in [0, 0.1) is 18.7 Å². The Hall–Kier alpha value is -2.76. The summed E-state index contributed by atoms with van der Waals surface area (Å²) >= 11 is 0. The smallest absolute Gasteiger partial charge is 0.259 e. The summed E-state index contributed by atoms with van der Waals surface area (Å²) in [6, 6.07) is 8.08. The summed E-state index contributed by atoms with van der Waals surface area (Å²) in [4.78, 5) is 19.4. The van der Waals surface area contributed by atoms with Gasteiger partial charge >= 0.3 is 0 Å². The number of piperidine rings is 1. The van der Waals surface area contributed by atoms with Gasteiger partial charge in [-0.3, -0.25) is 4.79 Å². The fraction of sp³-hybridized carbons (Fsp3) is 0.350. The summed E-state index contributed by atoms with van der Waals surface area (Å²) in [5.41, 5.74) is 2.03. The second kappa shape index (κ2) is 6.52. The predicted molar refractivity (Wildman–Crippen MR) is 96.2 cm³/mol. The predicted octanol–water partition coefficient (Wildman–Crippen LogP) is 4.21. The Kier molecular flexibility index (Phi) is 4.18. The highest BCUT2D eigenvalue weighted by Gasteiger charge is 2.27. The van der Waals surface area contributed by atoms with E-state index in [-0.39, 0.29) is 11.6 Å². The van der Waals surface area contributed by atoms with Gasteiger partial charge in [0.1, 0.15) is 11.5 Å². The number of hydrogen-bond donors (Lipinski definition) is 0. The van der Waals surface area contributed by atoms with E-state index in [1.165, 1.54) is 6.07 Å². The fourth-order valence-electron chi connectivity index (χ4n) is 3.46. The number of carbonyl (C=O) groups is 1. The van der Waals surface area contributed by atoms with Crippen molar-refractivity contribution in [3.63, 3.8) is 0 Å². The van der Waals surface area contributed by atoms with Gasteiger partial charge in [0.2, 0.25) is 0 Å². The Labute approximate surface area is 150 Å². The molecule has 6 heteroatoms. The number of fused-ring (bicyclic) bond motifs is 1. The molecule has 3 aromatic rings. The summed E-state index contributed by atoms with van der Waals surface area (Å²) in [6.07, 6.45) is 1.98. The molecule has 0 spiro atoms. The number of halogens is 1. The molecule has 1 aliphatic rings. The molecule has 0 bridgehead atoms. The van der Waals surface area contributed by atoms with Crippen LogP contribution in [0.25, 0.3) is 22.4 Å². The zero-order valence-corrected chi connectivity index (χ0v) is 14.8. The molecule has 0 saturated carbocycles. The zero-order valence-electron chi connectivity index (χ0n) is 14.8. The van der Waals surface area contributed by atoms with Gasteiger partial charge in [-0.1, -0.05) is 24.2 Å². The lowest BCUT2D eigenvalue weighted by atomic mass is 9.97. The Balaban J connectivity index is 1.85. The van der Waals surface area contributed by atoms with Gasteiger partial charge in [-0.2, -0.15) is 0 Å². The van der Waals surface area contributed by atoms with Gasteiger partial charge in [-0.25, -0.2) is 9.37 Å². The van der Waals surface area contributed by atoms with Crippen molar-refractivity contribution in [1.82, 2.24) is 15.0 Å². The molecule has 1 aromatic carbocycles. The lowest BCUT2D eigenvalue weighted by molar-refractivity contribution is 0.0699. The van der Waals surface area contributed by atoms with Crippen LogP contribution >= 0.6 is 0 Å². The topological polar surface area (TPSA) is 59.2 Å². The first-order chi connectivity index (χ1) is 12.5. The van der Waals surface area contributed by atoms with Crippen molar-refractivity contribution >= 4 is 17.0 Å². The molecule has 3 heterocycles. The first-order valence-electron chi connectivity index (χ1n) is 8.86. The molecule has 1 fully saturated rings.